The number of piperidine rings is 1. The van der Waals surface area contributed by atoms with Gasteiger partial charge >= 0.3 is 0 Å². The van der Waals surface area contributed by atoms with Crippen LogP contribution in [0.2, 0.25) is 0 Å². The third-order valence-electron chi connectivity index (χ3n) is 4.90. The molecule has 4 heteroatoms. The summed E-state index contributed by atoms with van der Waals surface area (Å²) in [4.78, 5) is 14.6. The number of likely N-dealkylation sites (tertiary alicyclic amines) is 1. The Hall–Kier alpha value is -0.610. The van der Waals surface area contributed by atoms with Crippen molar-refractivity contribution in [2.24, 2.45) is 5.92 Å². The average Bonchev–Trinajstić information content (AvgIpc) is 3.14. The van der Waals surface area contributed by atoms with Crippen molar-refractivity contribution in [1.82, 2.24) is 15.5 Å². The molecule has 1 amide bonds. The highest BCUT2D eigenvalue weighted by Crippen LogP contribution is 2.29. The van der Waals surface area contributed by atoms with Crippen LogP contribution in [0.25, 0.3) is 0 Å². The molecule has 0 aromatic heterocycles. The highest BCUT2D eigenvalue weighted by atomic mass is 16.1. The second-order valence-electron chi connectivity index (χ2n) is 6.51. The monoisotopic (exact) mass is 265 g/mol. The number of nitrogens with zero attached hydrogens (tertiary/aromatic N) is 1. The minimum atomic E-state index is 0.275. The highest BCUT2D eigenvalue weighted by molar-refractivity contribution is 5.76. The van der Waals surface area contributed by atoms with Gasteiger partial charge < -0.3 is 15.5 Å². The van der Waals surface area contributed by atoms with E-state index in [1.54, 1.807) is 0 Å². The molecule has 3 aliphatic rings. The van der Waals surface area contributed by atoms with Crippen molar-refractivity contribution in [2.75, 3.05) is 26.2 Å². The molecule has 1 saturated carbocycles. The zero-order chi connectivity index (χ0) is 13.1. The molecule has 3 fully saturated rings. The normalized spacial score (nSPS) is 29.6. The van der Waals surface area contributed by atoms with Crippen LogP contribution < -0.4 is 10.6 Å². The summed E-state index contributed by atoms with van der Waals surface area (Å²) >= 11 is 0. The SMILES string of the molecule is O=C(CCC1CCNC1)NC1CCN(C2CC2)CC1. The molecule has 1 atom stereocenters. The van der Waals surface area contributed by atoms with Gasteiger partial charge in [0.15, 0.2) is 0 Å². The largest absolute Gasteiger partial charge is 0.353 e. The maximum atomic E-state index is 12.0. The fourth-order valence-electron chi connectivity index (χ4n) is 3.44. The van der Waals surface area contributed by atoms with E-state index in [1.165, 1.54) is 32.4 Å². The molecule has 0 spiro atoms. The number of nitrogens with one attached hydrogen (secondary N) is 2. The Kier molecular flexibility index (Phi) is 4.38. The second-order valence-corrected chi connectivity index (χ2v) is 6.51. The van der Waals surface area contributed by atoms with Gasteiger partial charge in [-0.1, -0.05) is 0 Å². The van der Waals surface area contributed by atoms with Crippen LogP contribution in [0.3, 0.4) is 0 Å². The van der Waals surface area contributed by atoms with E-state index in [0.29, 0.717) is 6.04 Å². The standard InChI is InChI=1S/C15H27N3O/c19-15(4-1-12-5-8-16-11-12)17-13-6-9-18(10-7-13)14-2-3-14/h12-14,16H,1-11H2,(H,17,19). The topological polar surface area (TPSA) is 44.4 Å². The van der Waals surface area contributed by atoms with Gasteiger partial charge in [-0.3, -0.25) is 4.79 Å². The molecule has 19 heavy (non-hydrogen) atoms. The van der Waals surface area contributed by atoms with Crippen LogP contribution in [-0.4, -0.2) is 49.1 Å². The first kappa shape index (κ1) is 13.4. The molecule has 1 aliphatic carbocycles. The van der Waals surface area contributed by atoms with Gasteiger partial charge in [0, 0.05) is 31.6 Å². The fraction of sp³-hybridized carbons (Fsp3) is 0.933. The van der Waals surface area contributed by atoms with Crippen molar-refractivity contribution in [1.29, 1.82) is 0 Å². The minimum Gasteiger partial charge on any atom is -0.353 e. The summed E-state index contributed by atoms with van der Waals surface area (Å²) in [7, 11) is 0. The average molecular weight is 265 g/mol. The summed E-state index contributed by atoms with van der Waals surface area (Å²) in [6, 6.07) is 1.32. The molecule has 2 saturated heterocycles. The Balaban J connectivity index is 1.31. The van der Waals surface area contributed by atoms with Crippen LogP contribution >= 0.6 is 0 Å². The molecule has 2 aliphatic heterocycles. The minimum absolute atomic E-state index is 0.275. The zero-order valence-electron chi connectivity index (χ0n) is 11.9. The van der Waals surface area contributed by atoms with Gasteiger partial charge in [0.25, 0.3) is 0 Å². The molecule has 0 bridgehead atoms. The van der Waals surface area contributed by atoms with Crippen molar-refractivity contribution in [3.05, 3.63) is 0 Å². The highest BCUT2D eigenvalue weighted by Gasteiger charge is 2.32. The number of carbonyl (C=O) groups is 1. The number of carbonyl (C=O) groups excluding carboxylic acids is 1. The van der Waals surface area contributed by atoms with Crippen molar-refractivity contribution in [3.63, 3.8) is 0 Å². The van der Waals surface area contributed by atoms with Crippen LogP contribution in [0.5, 0.6) is 0 Å². The van der Waals surface area contributed by atoms with Crippen LogP contribution in [-0.2, 0) is 4.79 Å². The summed E-state index contributed by atoms with van der Waals surface area (Å²) in [5.41, 5.74) is 0. The number of amides is 1. The predicted octanol–water partition coefficient (Wildman–Crippen LogP) is 1.12. The Bertz CT molecular complexity index is 303. The van der Waals surface area contributed by atoms with Gasteiger partial charge in [0.05, 0.1) is 0 Å². The predicted molar refractivity (Wildman–Crippen MR) is 76.0 cm³/mol. The molecule has 108 valence electrons. The van der Waals surface area contributed by atoms with E-state index < -0.39 is 0 Å². The summed E-state index contributed by atoms with van der Waals surface area (Å²) < 4.78 is 0. The maximum absolute atomic E-state index is 12.0. The van der Waals surface area contributed by atoms with E-state index in [1.807, 2.05) is 0 Å². The molecule has 4 nitrogen and oxygen atoms in total. The third-order valence-corrected chi connectivity index (χ3v) is 4.90. The van der Waals surface area contributed by atoms with E-state index in [0.717, 1.165) is 50.7 Å². The van der Waals surface area contributed by atoms with Crippen LogP contribution in [0.4, 0.5) is 0 Å². The van der Waals surface area contributed by atoms with Crippen molar-refractivity contribution < 1.29 is 4.79 Å². The Morgan fingerprint density at radius 2 is 1.95 bits per heavy atom. The fourth-order valence-corrected chi connectivity index (χ4v) is 3.44. The molecular formula is C15H27N3O. The molecule has 2 N–H and O–H groups in total. The molecule has 3 rings (SSSR count). The summed E-state index contributed by atoms with van der Waals surface area (Å²) in [5, 5.41) is 6.60. The van der Waals surface area contributed by atoms with Crippen molar-refractivity contribution in [2.45, 2.75) is 57.0 Å². The lowest BCUT2D eigenvalue weighted by molar-refractivity contribution is -0.122. The van der Waals surface area contributed by atoms with Crippen LogP contribution in [0.15, 0.2) is 0 Å². The van der Waals surface area contributed by atoms with Gasteiger partial charge in [-0.15, -0.1) is 0 Å². The number of hydrogen-bond acceptors (Lipinski definition) is 3. The van der Waals surface area contributed by atoms with Gasteiger partial charge in [0.1, 0.15) is 0 Å². The summed E-state index contributed by atoms with van der Waals surface area (Å²) in [6.45, 7) is 4.60. The first-order chi connectivity index (χ1) is 9.31. The van der Waals surface area contributed by atoms with Crippen LogP contribution in [0.1, 0.15) is 44.9 Å². The maximum Gasteiger partial charge on any atom is 0.220 e. The van der Waals surface area contributed by atoms with Gasteiger partial charge in [-0.05, 0) is 57.5 Å². The van der Waals surface area contributed by atoms with Crippen molar-refractivity contribution >= 4 is 5.91 Å². The first-order valence-electron chi connectivity index (χ1n) is 8.05. The molecule has 1 unspecified atom stereocenters. The van der Waals surface area contributed by atoms with E-state index in [9.17, 15) is 4.79 Å². The zero-order valence-corrected chi connectivity index (χ0v) is 11.9. The van der Waals surface area contributed by atoms with E-state index in [4.69, 9.17) is 0 Å². The van der Waals surface area contributed by atoms with Gasteiger partial charge in [-0.25, -0.2) is 0 Å². The first-order valence-corrected chi connectivity index (χ1v) is 8.05. The Labute approximate surface area is 116 Å². The lowest BCUT2D eigenvalue weighted by Crippen LogP contribution is -2.45. The molecule has 2 heterocycles. The quantitative estimate of drug-likeness (QED) is 0.783. The third kappa shape index (κ3) is 3.93. The Morgan fingerprint density at radius 1 is 1.16 bits per heavy atom. The number of hydrogen-bond donors (Lipinski definition) is 2. The van der Waals surface area contributed by atoms with Gasteiger partial charge in [0.2, 0.25) is 5.91 Å². The summed E-state index contributed by atoms with van der Waals surface area (Å²) in [6.07, 6.45) is 8.10. The number of rotatable bonds is 5. The van der Waals surface area contributed by atoms with E-state index >= 15 is 0 Å². The van der Waals surface area contributed by atoms with Gasteiger partial charge in [-0.2, -0.15) is 0 Å². The molecule has 0 aromatic rings. The lowest BCUT2D eigenvalue weighted by atomic mass is 10.0. The smallest absolute Gasteiger partial charge is 0.220 e. The van der Waals surface area contributed by atoms with E-state index in [-0.39, 0.29) is 5.91 Å². The second kappa shape index (κ2) is 6.23. The lowest BCUT2D eigenvalue weighted by Gasteiger charge is -2.32. The Morgan fingerprint density at radius 3 is 2.58 bits per heavy atom. The molecule has 0 aromatic carbocycles. The van der Waals surface area contributed by atoms with Crippen LogP contribution in [0, 0.1) is 5.92 Å². The van der Waals surface area contributed by atoms with Crippen molar-refractivity contribution in [3.8, 4) is 0 Å². The van der Waals surface area contributed by atoms with E-state index in [2.05, 4.69) is 15.5 Å². The molecular weight excluding hydrogens is 238 g/mol. The molecule has 0 radical (unpaired) electrons. The summed E-state index contributed by atoms with van der Waals surface area (Å²) in [5.74, 6) is 0.999.